The number of benzene rings is 2. The average Bonchev–Trinajstić information content (AvgIpc) is 3.29. The number of carbonyl (C=O) groups is 2. The second-order valence-electron chi connectivity index (χ2n) is 10.3. The number of nitrogens with zero attached hydrogens (tertiary/aromatic N) is 2. The third-order valence-electron chi connectivity index (χ3n) is 7.73. The first-order chi connectivity index (χ1) is 18.1. The number of piperidine rings is 2. The van der Waals surface area contributed by atoms with E-state index < -0.39 is 12.0 Å². The first kappa shape index (κ1) is 26.2. The molecule has 198 valence electrons. The van der Waals surface area contributed by atoms with Crippen molar-refractivity contribution in [1.82, 2.24) is 15.1 Å². The zero-order chi connectivity index (χ0) is 25.6. The van der Waals surface area contributed by atoms with Crippen molar-refractivity contribution in [1.29, 1.82) is 0 Å². The van der Waals surface area contributed by atoms with Crippen LogP contribution in [0.25, 0.3) is 0 Å². The third-order valence-corrected chi connectivity index (χ3v) is 7.98. The third kappa shape index (κ3) is 6.71. The van der Waals surface area contributed by atoms with Crippen molar-refractivity contribution in [2.24, 2.45) is 0 Å². The van der Waals surface area contributed by atoms with Crippen LogP contribution in [0.3, 0.4) is 0 Å². The summed E-state index contributed by atoms with van der Waals surface area (Å²) in [4.78, 5) is 30.4. The summed E-state index contributed by atoms with van der Waals surface area (Å²) in [5.74, 6) is -0.693. The highest BCUT2D eigenvalue weighted by Gasteiger charge is 2.42. The van der Waals surface area contributed by atoms with Gasteiger partial charge in [-0.15, -0.1) is 0 Å². The summed E-state index contributed by atoms with van der Waals surface area (Å²) in [6.07, 6.45) is 4.69. The van der Waals surface area contributed by atoms with Gasteiger partial charge >= 0.3 is 6.09 Å². The monoisotopic (exact) mass is 525 g/mol. The maximum absolute atomic E-state index is 14.0. The Balaban J connectivity index is 1.27. The number of hydrogen-bond acceptors (Lipinski definition) is 6. The van der Waals surface area contributed by atoms with E-state index in [1.165, 1.54) is 4.90 Å². The number of halogens is 1. The predicted octanol–water partition coefficient (Wildman–Crippen LogP) is 4.25. The molecule has 8 heteroatoms. The fraction of sp³-hybridized carbons (Fsp3) is 0.517. The van der Waals surface area contributed by atoms with E-state index in [-0.39, 0.29) is 24.7 Å². The molecule has 0 saturated carbocycles. The van der Waals surface area contributed by atoms with Crippen molar-refractivity contribution in [3.05, 3.63) is 70.7 Å². The first-order valence-corrected chi connectivity index (χ1v) is 13.8. The smallest absolute Gasteiger partial charge is 0.417 e. The molecule has 3 fully saturated rings. The van der Waals surface area contributed by atoms with Gasteiger partial charge in [-0.3, -0.25) is 4.79 Å². The van der Waals surface area contributed by atoms with Gasteiger partial charge in [0, 0.05) is 24.7 Å². The molecule has 5 rings (SSSR count). The average molecular weight is 526 g/mol. The molecule has 0 radical (unpaired) electrons. The van der Waals surface area contributed by atoms with Gasteiger partial charge in [-0.25, -0.2) is 9.69 Å². The fourth-order valence-corrected chi connectivity index (χ4v) is 5.77. The molecule has 0 aliphatic carbocycles. The molecule has 2 aromatic rings. The maximum Gasteiger partial charge on any atom is 0.417 e. The molecule has 3 aliphatic rings. The SMILES string of the molecule is O=C1OCC(Cc2ccccc2)N1C(=O)[C@H](CN1CCC(OC2CCNCC2)CC1)c1ccc(Cl)cc1. The second kappa shape index (κ2) is 12.4. The lowest BCUT2D eigenvalue weighted by atomic mass is 9.94. The van der Waals surface area contributed by atoms with Crippen molar-refractivity contribution >= 4 is 23.6 Å². The van der Waals surface area contributed by atoms with Crippen molar-refractivity contribution in [2.75, 3.05) is 39.3 Å². The van der Waals surface area contributed by atoms with Crippen LogP contribution in [-0.4, -0.2) is 79.4 Å². The number of amides is 2. The van der Waals surface area contributed by atoms with E-state index >= 15 is 0 Å². The lowest BCUT2D eigenvalue weighted by Crippen LogP contribution is -2.47. The minimum absolute atomic E-state index is 0.209. The van der Waals surface area contributed by atoms with Crippen LogP contribution in [0.15, 0.2) is 54.6 Å². The van der Waals surface area contributed by atoms with Gasteiger partial charge in [0.05, 0.1) is 24.2 Å². The van der Waals surface area contributed by atoms with Crippen LogP contribution in [0.4, 0.5) is 4.79 Å². The first-order valence-electron chi connectivity index (χ1n) is 13.4. The summed E-state index contributed by atoms with van der Waals surface area (Å²) in [7, 11) is 0. The number of carbonyl (C=O) groups excluding carboxylic acids is 2. The highest BCUT2D eigenvalue weighted by atomic mass is 35.5. The summed E-state index contributed by atoms with van der Waals surface area (Å²) in [5, 5.41) is 4.01. The van der Waals surface area contributed by atoms with Gasteiger partial charge in [-0.2, -0.15) is 0 Å². The van der Waals surface area contributed by atoms with Crippen LogP contribution in [0.1, 0.15) is 42.7 Å². The number of hydrogen-bond donors (Lipinski definition) is 1. The molecule has 7 nitrogen and oxygen atoms in total. The van der Waals surface area contributed by atoms with Crippen LogP contribution in [0, 0.1) is 0 Å². The maximum atomic E-state index is 14.0. The summed E-state index contributed by atoms with van der Waals surface area (Å²) in [6.45, 7) is 4.54. The Kier molecular flexibility index (Phi) is 8.77. The number of rotatable bonds is 8. The molecule has 0 aromatic heterocycles. The Hall–Kier alpha value is -2.45. The summed E-state index contributed by atoms with van der Waals surface area (Å²) in [6, 6.07) is 17.0. The summed E-state index contributed by atoms with van der Waals surface area (Å²) in [5.41, 5.74) is 1.93. The standard InChI is InChI=1S/C29H36ClN3O4/c30-23-8-6-22(7-9-23)27(19-32-16-12-26(13-17-32)37-25-10-14-31-15-11-25)28(34)33-24(20-36-29(33)35)18-21-4-2-1-3-5-21/h1-9,24-27,31H,10-20H2/t24?,27-/m1/s1. The van der Waals surface area contributed by atoms with Crippen LogP contribution < -0.4 is 5.32 Å². The highest BCUT2D eigenvalue weighted by molar-refractivity contribution is 6.30. The number of imide groups is 1. The number of nitrogens with one attached hydrogen (secondary N) is 1. The molecule has 3 saturated heterocycles. The second-order valence-corrected chi connectivity index (χ2v) is 10.8. The Morgan fingerprint density at radius 2 is 1.68 bits per heavy atom. The van der Waals surface area contributed by atoms with Crippen molar-refractivity contribution < 1.29 is 19.1 Å². The van der Waals surface area contributed by atoms with Gasteiger partial charge in [0.2, 0.25) is 5.91 Å². The molecule has 1 N–H and O–H groups in total. The van der Waals surface area contributed by atoms with Gasteiger partial charge in [-0.1, -0.05) is 54.1 Å². The molecule has 3 aliphatic heterocycles. The van der Waals surface area contributed by atoms with Gasteiger partial charge < -0.3 is 19.7 Å². The van der Waals surface area contributed by atoms with E-state index in [0.717, 1.165) is 63.0 Å². The number of likely N-dealkylation sites (tertiary alicyclic amines) is 1. The Labute approximate surface area is 224 Å². The Morgan fingerprint density at radius 1 is 1.00 bits per heavy atom. The van der Waals surface area contributed by atoms with Crippen molar-refractivity contribution in [3.63, 3.8) is 0 Å². The van der Waals surface area contributed by atoms with E-state index in [9.17, 15) is 9.59 Å². The zero-order valence-electron chi connectivity index (χ0n) is 21.2. The van der Waals surface area contributed by atoms with E-state index in [1.807, 2.05) is 42.5 Å². The minimum atomic E-state index is -0.557. The summed E-state index contributed by atoms with van der Waals surface area (Å²) >= 11 is 6.15. The zero-order valence-corrected chi connectivity index (χ0v) is 21.9. The molecule has 3 heterocycles. The van der Waals surface area contributed by atoms with Crippen molar-refractivity contribution in [3.8, 4) is 0 Å². The number of ether oxygens (including phenoxy) is 2. The van der Waals surface area contributed by atoms with E-state index in [2.05, 4.69) is 10.2 Å². The molecular weight excluding hydrogens is 490 g/mol. The van der Waals surface area contributed by atoms with Gasteiger partial charge in [0.25, 0.3) is 0 Å². The highest BCUT2D eigenvalue weighted by Crippen LogP contribution is 2.28. The minimum Gasteiger partial charge on any atom is -0.447 e. The van der Waals surface area contributed by atoms with Crippen LogP contribution >= 0.6 is 11.6 Å². The van der Waals surface area contributed by atoms with Gasteiger partial charge in [0.15, 0.2) is 0 Å². The Bertz CT molecular complexity index is 1040. The van der Waals surface area contributed by atoms with Crippen LogP contribution in [0.2, 0.25) is 5.02 Å². The van der Waals surface area contributed by atoms with E-state index in [0.29, 0.717) is 24.1 Å². The lowest BCUT2D eigenvalue weighted by Gasteiger charge is -2.37. The van der Waals surface area contributed by atoms with Crippen LogP contribution in [0.5, 0.6) is 0 Å². The van der Waals surface area contributed by atoms with E-state index in [1.54, 1.807) is 12.1 Å². The van der Waals surface area contributed by atoms with E-state index in [4.69, 9.17) is 21.1 Å². The molecular formula is C29H36ClN3O4. The lowest BCUT2D eigenvalue weighted by molar-refractivity contribution is -0.131. The number of cyclic esters (lactones) is 1. The topological polar surface area (TPSA) is 71.1 Å². The van der Waals surface area contributed by atoms with Crippen LogP contribution in [-0.2, 0) is 20.7 Å². The summed E-state index contributed by atoms with van der Waals surface area (Å²) < 4.78 is 11.7. The normalized spacial score (nSPS) is 22.7. The largest absolute Gasteiger partial charge is 0.447 e. The molecule has 1 unspecified atom stereocenters. The predicted molar refractivity (Wildman–Crippen MR) is 143 cm³/mol. The molecule has 37 heavy (non-hydrogen) atoms. The van der Waals surface area contributed by atoms with Gasteiger partial charge in [-0.05, 0) is 68.5 Å². The quantitative estimate of drug-likeness (QED) is 0.555. The molecule has 2 amide bonds. The fourth-order valence-electron chi connectivity index (χ4n) is 5.65. The molecule has 2 atom stereocenters. The molecule has 0 spiro atoms. The molecule has 0 bridgehead atoms. The van der Waals surface area contributed by atoms with Crippen molar-refractivity contribution in [2.45, 2.75) is 56.3 Å². The Morgan fingerprint density at radius 3 is 2.38 bits per heavy atom. The van der Waals surface area contributed by atoms with Gasteiger partial charge in [0.1, 0.15) is 6.61 Å². The molecule has 2 aromatic carbocycles.